The molecule has 0 amide bonds. The molecule has 0 radical (unpaired) electrons. The third-order valence-electron chi connectivity index (χ3n) is 2.46. The van der Waals surface area contributed by atoms with Gasteiger partial charge in [-0.2, -0.15) is 0 Å². The van der Waals surface area contributed by atoms with Gasteiger partial charge in [-0.15, -0.1) is 0 Å². The van der Waals surface area contributed by atoms with Crippen LogP contribution in [0.3, 0.4) is 0 Å². The Hall–Kier alpha value is -1.66. The van der Waals surface area contributed by atoms with E-state index in [1.807, 2.05) is 0 Å². The highest BCUT2D eigenvalue weighted by Crippen LogP contribution is 2.17. The molecule has 2 N–H and O–H groups in total. The van der Waals surface area contributed by atoms with Crippen molar-refractivity contribution >= 4 is 5.69 Å². The van der Waals surface area contributed by atoms with E-state index in [9.17, 15) is 10.1 Å². The second-order valence-electron chi connectivity index (χ2n) is 3.93. The smallest absolute Gasteiger partial charge is 0.269 e. The van der Waals surface area contributed by atoms with E-state index < -0.39 is 11.0 Å². The minimum atomic E-state index is -0.663. The Morgan fingerprint density at radius 1 is 1.28 bits per heavy atom. The van der Waals surface area contributed by atoms with Gasteiger partial charge in [0.2, 0.25) is 0 Å². The molecule has 0 aliphatic carbocycles. The number of rotatable bonds is 8. The van der Waals surface area contributed by atoms with Crippen LogP contribution in [0.1, 0.15) is 19.3 Å². The summed E-state index contributed by atoms with van der Waals surface area (Å²) in [5.41, 5.74) is 0.0356. The number of non-ortho nitro benzene ring substituents is 1. The highest BCUT2D eigenvalue weighted by Gasteiger charge is 2.04. The van der Waals surface area contributed by atoms with Gasteiger partial charge in [-0.05, 0) is 31.4 Å². The van der Waals surface area contributed by atoms with E-state index >= 15 is 0 Å². The SMILES string of the molecule is O=[N+]([O-])c1ccc(OCCCCC(O)CO)cc1. The Labute approximate surface area is 105 Å². The average Bonchev–Trinajstić information content (AvgIpc) is 2.38. The molecule has 1 aromatic carbocycles. The summed E-state index contributed by atoms with van der Waals surface area (Å²) in [5, 5.41) is 28.1. The van der Waals surface area contributed by atoms with Gasteiger partial charge in [0.1, 0.15) is 5.75 Å². The van der Waals surface area contributed by atoms with Gasteiger partial charge < -0.3 is 14.9 Å². The predicted octanol–water partition coefficient (Wildman–Crippen LogP) is 1.50. The van der Waals surface area contributed by atoms with Gasteiger partial charge in [-0.25, -0.2) is 0 Å². The van der Waals surface area contributed by atoms with E-state index in [1.165, 1.54) is 12.1 Å². The van der Waals surface area contributed by atoms with Crippen LogP contribution in [-0.2, 0) is 0 Å². The molecule has 1 rings (SSSR count). The van der Waals surface area contributed by atoms with E-state index in [1.54, 1.807) is 12.1 Å². The molecule has 0 heterocycles. The number of benzene rings is 1. The van der Waals surface area contributed by atoms with Crippen molar-refractivity contribution in [1.82, 2.24) is 0 Å². The molecular formula is C12H17NO5. The molecule has 0 saturated carbocycles. The Morgan fingerprint density at radius 2 is 1.94 bits per heavy atom. The first-order valence-corrected chi connectivity index (χ1v) is 5.79. The fourth-order valence-corrected chi connectivity index (χ4v) is 1.43. The number of hydrogen-bond acceptors (Lipinski definition) is 5. The zero-order valence-corrected chi connectivity index (χ0v) is 9.99. The van der Waals surface area contributed by atoms with E-state index in [0.717, 1.165) is 12.8 Å². The fraction of sp³-hybridized carbons (Fsp3) is 0.500. The number of nitro groups is 1. The number of nitro benzene ring substituents is 1. The third kappa shape index (κ3) is 5.11. The Bertz CT molecular complexity index is 365. The van der Waals surface area contributed by atoms with E-state index in [0.29, 0.717) is 18.8 Å². The Kier molecular flexibility index (Phi) is 6.10. The van der Waals surface area contributed by atoms with Gasteiger partial charge in [0.25, 0.3) is 5.69 Å². The van der Waals surface area contributed by atoms with Crippen molar-refractivity contribution in [3.05, 3.63) is 34.4 Å². The first-order chi connectivity index (χ1) is 8.63. The summed E-state index contributed by atoms with van der Waals surface area (Å²) in [6.45, 7) is 0.263. The van der Waals surface area contributed by atoms with Crippen LogP contribution in [0, 0.1) is 10.1 Å². The Morgan fingerprint density at radius 3 is 2.50 bits per heavy atom. The van der Waals surface area contributed by atoms with Gasteiger partial charge in [0, 0.05) is 12.1 Å². The molecule has 6 heteroatoms. The van der Waals surface area contributed by atoms with Crippen LogP contribution >= 0.6 is 0 Å². The van der Waals surface area contributed by atoms with Crippen molar-refractivity contribution in [2.45, 2.75) is 25.4 Å². The topological polar surface area (TPSA) is 92.8 Å². The molecule has 1 unspecified atom stereocenters. The lowest BCUT2D eigenvalue weighted by molar-refractivity contribution is -0.384. The molecule has 6 nitrogen and oxygen atoms in total. The van der Waals surface area contributed by atoms with E-state index in [2.05, 4.69) is 0 Å². The first-order valence-electron chi connectivity index (χ1n) is 5.79. The molecule has 0 aliphatic heterocycles. The van der Waals surface area contributed by atoms with Crippen LogP contribution in [0.2, 0.25) is 0 Å². The van der Waals surface area contributed by atoms with Crippen molar-refractivity contribution in [3.8, 4) is 5.75 Å². The quantitative estimate of drug-likeness (QED) is 0.417. The number of unbranched alkanes of at least 4 members (excludes halogenated alkanes) is 1. The van der Waals surface area contributed by atoms with E-state index in [4.69, 9.17) is 14.9 Å². The van der Waals surface area contributed by atoms with Gasteiger partial charge in [-0.1, -0.05) is 0 Å². The van der Waals surface area contributed by atoms with Gasteiger partial charge in [-0.3, -0.25) is 10.1 Å². The molecule has 0 aromatic heterocycles. The number of aliphatic hydroxyl groups excluding tert-OH is 2. The van der Waals surface area contributed by atoms with Crippen LogP contribution in [0.4, 0.5) is 5.69 Å². The lowest BCUT2D eigenvalue weighted by Gasteiger charge is -2.08. The highest BCUT2D eigenvalue weighted by atomic mass is 16.6. The molecule has 100 valence electrons. The summed E-state index contributed by atoms with van der Waals surface area (Å²) in [4.78, 5) is 9.97. The maximum Gasteiger partial charge on any atom is 0.269 e. The lowest BCUT2D eigenvalue weighted by Crippen LogP contribution is -2.11. The van der Waals surface area contributed by atoms with Crippen LogP contribution < -0.4 is 4.74 Å². The zero-order chi connectivity index (χ0) is 13.4. The summed E-state index contributed by atoms with van der Waals surface area (Å²) in [7, 11) is 0. The summed E-state index contributed by atoms with van der Waals surface area (Å²) in [5.74, 6) is 0.586. The maximum absolute atomic E-state index is 10.4. The molecule has 0 aliphatic rings. The second kappa shape index (κ2) is 7.62. The van der Waals surface area contributed by atoms with Crippen LogP contribution in [-0.4, -0.2) is 34.5 Å². The average molecular weight is 255 g/mol. The van der Waals surface area contributed by atoms with Crippen molar-refractivity contribution in [1.29, 1.82) is 0 Å². The minimum Gasteiger partial charge on any atom is -0.494 e. The van der Waals surface area contributed by atoms with Crippen molar-refractivity contribution in [2.75, 3.05) is 13.2 Å². The van der Waals surface area contributed by atoms with Crippen LogP contribution in [0.15, 0.2) is 24.3 Å². The molecule has 0 bridgehead atoms. The summed E-state index contributed by atoms with van der Waals surface area (Å²) in [6, 6.07) is 5.90. The molecule has 0 spiro atoms. The molecule has 18 heavy (non-hydrogen) atoms. The molecule has 1 aromatic rings. The normalized spacial score (nSPS) is 12.1. The number of nitrogens with zero attached hydrogens (tertiary/aromatic N) is 1. The number of ether oxygens (including phenoxy) is 1. The first kappa shape index (κ1) is 14.4. The molecule has 0 fully saturated rings. The largest absolute Gasteiger partial charge is 0.494 e. The summed E-state index contributed by atoms with van der Waals surface area (Å²) >= 11 is 0. The van der Waals surface area contributed by atoms with Crippen molar-refractivity contribution in [3.63, 3.8) is 0 Å². The molecule has 0 saturated heterocycles. The Balaban J connectivity index is 2.21. The summed E-state index contributed by atoms with van der Waals surface area (Å²) < 4.78 is 5.39. The predicted molar refractivity (Wildman–Crippen MR) is 65.5 cm³/mol. The standard InChI is InChI=1S/C12H17NO5/c14-9-11(15)3-1-2-8-18-12-6-4-10(5-7-12)13(16)17/h4-7,11,14-15H,1-3,8-9H2. The van der Waals surface area contributed by atoms with Crippen LogP contribution in [0.5, 0.6) is 5.75 Å². The molecule has 1 atom stereocenters. The summed E-state index contributed by atoms with van der Waals surface area (Å²) in [6.07, 6.45) is 1.40. The second-order valence-corrected chi connectivity index (χ2v) is 3.93. The van der Waals surface area contributed by atoms with Crippen LogP contribution in [0.25, 0.3) is 0 Å². The zero-order valence-electron chi connectivity index (χ0n) is 9.99. The highest BCUT2D eigenvalue weighted by molar-refractivity contribution is 5.35. The lowest BCUT2D eigenvalue weighted by atomic mass is 10.2. The van der Waals surface area contributed by atoms with Gasteiger partial charge in [0.15, 0.2) is 0 Å². The fourth-order valence-electron chi connectivity index (χ4n) is 1.43. The number of hydrogen-bond donors (Lipinski definition) is 2. The van der Waals surface area contributed by atoms with Crippen molar-refractivity contribution in [2.24, 2.45) is 0 Å². The number of aliphatic hydroxyl groups is 2. The van der Waals surface area contributed by atoms with E-state index in [-0.39, 0.29) is 12.3 Å². The molecular weight excluding hydrogens is 238 g/mol. The van der Waals surface area contributed by atoms with Crippen molar-refractivity contribution < 1.29 is 19.9 Å². The minimum absolute atomic E-state index is 0.0356. The monoisotopic (exact) mass is 255 g/mol. The van der Waals surface area contributed by atoms with Gasteiger partial charge in [0.05, 0.1) is 24.2 Å². The third-order valence-corrected chi connectivity index (χ3v) is 2.46. The maximum atomic E-state index is 10.4. The van der Waals surface area contributed by atoms with Gasteiger partial charge >= 0.3 is 0 Å².